The van der Waals surface area contributed by atoms with E-state index in [2.05, 4.69) is 112 Å². The number of para-hydroxylation sites is 2. The summed E-state index contributed by atoms with van der Waals surface area (Å²) in [5, 5.41) is 24.6. The van der Waals surface area contributed by atoms with Crippen LogP contribution in [0.5, 0.6) is 0 Å². The topological polar surface area (TPSA) is 111 Å². The fraction of sp³-hybridized carbons (Fsp3) is 0.545. The number of hydrogen-bond donors (Lipinski definition) is 6. The second-order valence-electron chi connectivity index (χ2n) is 18.8. The molecule has 2 aromatic carbocycles. The highest BCUT2D eigenvalue weighted by atomic mass is 15.5. The number of piperidine rings is 2. The van der Waals surface area contributed by atoms with Gasteiger partial charge >= 0.3 is 0 Å². The molecule has 1 aliphatic carbocycles. The minimum atomic E-state index is 0.202. The average molecular weight is 761 g/mol. The normalized spacial score (nSPS) is 42.0. The molecule has 6 N–H and O–H groups in total. The fourth-order valence-electron chi connectivity index (χ4n) is 15.2. The summed E-state index contributed by atoms with van der Waals surface area (Å²) >= 11 is 0. The molecule has 13 heteroatoms. The minimum absolute atomic E-state index is 0.202. The molecule has 1 aromatic heterocycles. The maximum absolute atomic E-state index is 5.05. The summed E-state index contributed by atoms with van der Waals surface area (Å²) in [4.78, 5) is 21.7. The summed E-state index contributed by atoms with van der Waals surface area (Å²) in [6.45, 7) is 6.85. The van der Waals surface area contributed by atoms with Crippen LogP contribution in [0.2, 0.25) is 17.5 Å². The van der Waals surface area contributed by atoms with Crippen LogP contribution in [0.4, 0.5) is 11.4 Å². The van der Waals surface area contributed by atoms with E-state index >= 15 is 0 Å². The highest BCUT2D eigenvalue weighted by Crippen LogP contribution is 2.67. The number of rotatable bonds is 3. The molecule has 10 aliphatic heterocycles. The van der Waals surface area contributed by atoms with Gasteiger partial charge in [0.25, 0.3) is 0 Å². The standard InChI is InChI=1S/C44H53BN12/c1-3-8-25(9-4-1)54-41-36(48-18-20-52-41)31-34-38-27(12-16-46-34)45-28-13-17-47-35-32-37-42(53-21-19-49-37)55(26-10-5-2-6-11-26)44(32)57(39(28)35)30-23-24(40-50-14-7-15-51-40)22-29(33(30)45)56(38)43(31)54/h1-11,14-15,24,27-30,33-39,41-42,46-49,52-53H,12-13,16-23H2. The fourth-order valence-corrected chi connectivity index (χ4v) is 15.2. The second kappa shape index (κ2) is 12.3. The minimum Gasteiger partial charge on any atom is -0.351 e. The van der Waals surface area contributed by atoms with Crippen LogP contribution in [0.1, 0.15) is 37.4 Å². The van der Waals surface area contributed by atoms with Crippen LogP contribution >= 0.6 is 0 Å². The number of nitrogens with zero attached hydrogens (tertiary/aromatic N) is 6. The van der Waals surface area contributed by atoms with Crippen LogP contribution in [-0.2, 0) is 0 Å². The Morgan fingerprint density at radius 3 is 1.51 bits per heavy atom. The highest BCUT2D eigenvalue weighted by molar-refractivity contribution is 6.65. The number of hydrogen-bond acceptors (Lipinski definition) is 12. The van der Waals surface area contributed by atoms with Crippen molar-refractivity contribution in [2.45, 2.75) is 110 Å². The van der Waals surface area contributed by atoms with Crippen molar-refractivity contribution < 1.29 is 0 Å². The van der Waals surface area contributed by atoms with E-state index in [1.807, 2.05) is 18.5 Å². The van der Waals surface area contributed by atoms with E-state index in [-0.39, 0.29) is 30.3 Å². The van der Waals surface area contributed by atoms with Gasteiger partial charge in [0.15, 0.2) is 6.71 Å². The summed E-state index contributed by atoms with van der Waals surface area (Å²) in [6.07, 6.45) is 9.08. The molecule has 14 rings (SSSR count). The van der Waals surface area contributed by atoms with E-state index < -0.39 is 0 Å². The summed E-state index contributed by atoms with van der Waals surface area (Å²) in [5.41, 5.74) is 5.82. The lowest BCUT2D eigenvalue weighted by molar-refractivity contribution is 0.0179. The molecule has 11 aliphatic rings. The van der Waals surface area contributed by atoms with Gasteiger partial charge in [-0.3, -0.25) is 10.6 Å². The lowest BCUT2D eigenvalue weighted by Crippen LogP contribution is -2.76. The Labute approximate surface area is 335 Å². The SMILES string of the molecule is c1ccc(N2C3=C(C4NCCNC42)C2NCCC4B5C6CCNC7C8=C(N(c9ccccc9)C9NCCNC89)N(C8CC(c9ncccn9)CC(C58)N3C42)C67)cc1. The van der Waals surface area contributed by atoms with Gasteiger partial charge in [-0.2, -0.15) is 0 Å². The smallest absolute Gasteiger partial charge is 0.159 e. The largest absolute Gasteiger partial charge is 0.351 e. The molecule has 0 amide bonds. The van der Waals surface area contributed by atoms with E-state index in [1.54, 1.807) is 11.1 Å². The number of aromatic nitrogens is 2. The maximum Gasteiger partial charge on any atom is 0.159 e. The summed E-state index contributed by atoms with van der Waals surface area (Å²) in [7, 11) is 0. The number of piperazine rings is 2. The van der Waals surface area contributed by atoms with Gasteiger partial charge in [-0.1, -0.05) is 36.4 Å². The average Bonchev–Trinajstić information content (AvgIpc) is 4.00. The van der Waals surface area contributed by atoms with Crippen molar-refractivity contribution in [1.82, 2.24) is 51.7 Å². The predicted molar refractivity (Wildman–Crippen MR) is 222 cm³/mol. The molecule has 12 atom stereocenters. The molecule has 0 spiro atoms. The molecule has 11 heterocycles. The zero-order valence-corrected chi connectivity index (χ0v) is 32.4. The van der Waals surface area contributed by atoms with Gasteiger partial charge in [-0.25, -0.2) is 9.97 Å². The lowest BCUT2D eigenvalue weighted by atomic mass is 9.19. The Morgan fingerprint density at radius 1 is 0.526 bits per heavy atom. The van der Waals surface area contributed by atoms with Crippen molar-refractivity contribution in [3.8, 4) is 0 Å². The third-order valence-electron chi connectivity index (χ3n) is 16.7. The molecule has 0 bridgehead atoms. The maximum atomic E-state index is 5.05. The van der Waals surface area contributed by atoms with Crippen LogP contribution in [0, 0.1) is 0 Å². The molecule has 1 saturated carbocycles. The van der Waals surface area contributed by atoms with Crippen LogP contribution in [0.25, 0.3) is 0 Å². The number of benzene rings is 2. The van der Waals surface area contributed by atoms with Crippen molar-refractivity contribution in [3.05, 3.63) is 108 Å². The van der Waals surface area contributed by atoms with Crippen molar-refractivity contribution in [3.63, 3.8) is 0 Å². The van der Waals surface area contributed by atoms with Crippen molar-refractivity contribution in [1.29, 1.82) is 0 Å². The Kier molecular flexibility index (Phi) is 7.09. The first-order valence-electron chi connectivity index (χ1n) is 22.3. The first kappa shape index (κ1) is 32.9. The van der Waals surface area contributed by atoms with E-state index in [4.69, 9.17) is 9.97 Å². The Bertz CT molecular complexity index is 2010. The third-order valence-corrected chi connectivity index (χ3v) is 16.7. The van der Waals surface area contributed by atoms with Gasteiger partial charge in [0.2, 0.25) is 0 Å². The molecule has 12 nitrogen and oxygen atoms in total. The predicted octanol–water partition coefficient (Wildman–Crippen LogP) is 2.05. The monoisotopic (exact) mass is 760 g/mol. The molecular weight excluding hydrogens is 707 g/mol. The first-order valence-corrected chi connectivity index (χ1v) is 22.3. The van der Waals surface area contributed by atoms with E-state index in [0.717, 1.165) is 57.9 Å². The Balaban J connectivity index is 0.975. The molecule has 12 unspecified atom stereocenters. The zero-order chi connectivity index (χ0) is 36.9. The van der Waals surface area contributed by atoms with Gasteiger partial charge in [0.05, 0.1) is 24.2 Å². The van der Waals surface area contributed by atoms with E-state index in [1.165, 1.54) is 35.9 Å². The number of anilines is 2. The molecule has 3 aromatic rings. The summed E-state index contributed by atoms with van der Waals surface area (Å²) < 4.78 is 0. The Morgan fingerprint density at radius 2 is 1.00 bits per heavy atom. The molecule has 0 radical (unpaired) electrons. The summed E-state index contributed by atoms with van der Waals surface area (Å²) in [5.74, 6) is 6.13. The first-order chi connectivity index (χ1) is 28.3. The van der Waals surface area contributed by atoms with Crippen LogP contribution in [-0.4, -0.2) is 126 Å². The van der Waals surface area contributed by atoms with Crippen molar-refractivity contribution in [2.24, 2.45) is 0 Å². The van der Waals surface area contributed by atoms with E-state index in [0.29, 0.717) is 60.4 Å². The van der Waals surface area contributed by atoms with Gasteiger partial charge < -0.3 is 40.9 Å². The van der Waals surface area contributed by atoms with Crippen molar-refractivity contribution in [2.75, 3.05) is 49.1 Å². The summed E-state index contributed by atoms with van der Waals surface area (Å²) in [6, 6.07) is 27.5. The number of nitrogens with one attached hydrogen (secondary N) is 6. The zero-order valence-electron chi connectivity index (χ0n) is 32.4. The van der Waals surface area contributed by atoms with E-state index in [9.17, 15) is 0 Å². The molecule has 7 fully saturated rings. The Hall–Kier alpha value is -3.98. The van der Waals surface area contributed by atoms with Crippen molar-refractivity contribution >= 4 is 18.1 Å². The van der Waals surface area contributed by atoms with Gasteiger partial charge in [-0.05, 0) is 86.6 Å². The third kappa shape index (κ3) is 4.30. The molecule has 57 heavy (non-hydrogen) atoms. The quantitative estimate of drug-likeness (QED) is 0.220. The molecular formula is C44H53BN12. The lowest BCUT2D eigenvalue weighted by Gasteiger charge is -2.68. The van der Waals surface area contributed by atoms with Crippen LogP contribution in [0.15, 0.2) is 102 Å². The number of fused-ring (bicyclic) bond motifs is 12. The van der Waals surface area contributed by atoms with Gasteiger partial charge in [0.1, 0.15) is 29.8 Å². The second-order valence-corrected chi connectivity index (χ2v) is 18.8. The van der Waals surface area contributed by atoms with Crippen LogP contribution in [0.3, 0.4) is 0 Å². The van der Waals surface area contributed by atoms with Gasteiger partial charge in [0, 0.05) is 91.2 Å². The van der Waals surface area contributed by atoms with Gasteiger partial charge in [-0.15, -0.1) is 0 Å². The van der Waals surface area contributed by atoms with Crippen LogP contribution < -0.4 is 41.7 Å². The molecule has 6 saturated heterocycles. The molecule has 292 valence electrons. The highest BCUT2D eigenvalue weighted by Gasteiger charge is 2.72.